The van der Waals surface area contributed by atoms with Crippen molar-refractivity contribution in [1.82, 2.24) is 4.98 Å². The lowest BCUT2D eigenvalue weighted by Crippen LogP contribution is -2.48. The molecule has 0 aliphatic rings. The van der Waals surface area contributed by atoms with Crippen molar-refractivity contribution in [2.24, 2.45) is 0 Å². The minimum Gasteiger partial charge on any atom is -0.301 e. The number of nitrogens with zero attached hydrogens (tertiary/aromatic N) is 1. The molecule has 1 rings (SSSR count). The van der Waals surface area contributed by atoms with Gasteiger partial charge in [0, 0.05) is 10.8 Å². The molecule has 1 amide bonds. The molecule has 0 aliphatic carbocycles. The van der Waals surface area contributed by atoms with Crippen LogP contribution in [0.4, 0.5) is 5.13 Å². The molecule has 0 aliphatic heterocycles. The number of hydrogen-bond acceptors (Lipinski definition) is 5. The lowest BCUT2D eigenvalue weighted by Gasteiger charge is -2.26. The van der Waals surface area contributed by atoms with Crippen LogP contribution in [0.2, 0.25) is 0 Å². The number of carbonyl (C=O) groups is 1. The van der Waals surface area contributed by atoms with Crippen molar-refractivity contribution in [2.45, 2.75) is 70.3 Å². The van der Waals surface area contributed by atoms with E-state index in [1.807, 2.05) is 26.2 Å². The van der Waals surface area contributed by atoms with Crippen LogP contribution in [0.25, 0.3) is 0 Å². The fourth-order valence-corrected chi connectivity index (χ4v) is 4.46. The minimum atomic E-state index is -3.56. The normalized spacial score (nSPS) is 14.7. The van der Waals surface area contributed by atoms with Gasteiger partial charge in [0.25, 0.3) is 0 Å². The summed E-state index contributed by atoms with van der Waals surface area (Å²) < 4.78 is 23.5. The third-order valence-corrected chi connectivity index (χ3v) is 7.61. The highest BCUT2D eigenvalue weighted by atomic mass is 32.2. The summed E-state index contributed by atoms with van der Waals surface area (Å²) in [6, 6.07) is 0. The van der Waals surface area contributed by atoms with Crippen molar-refractivity contribution in [3.8, 4) is 0 Å². The molecule has 0 radical (unpaired) electrons. The SMILES string of the molecule is CCC(C)S(=O)(=O)C(C)(C)C(=O)Nc1nc(C(C)(C)C)cs1. The van der Waals surface area contributed by atoms with E-state index in [-0.39, 0.29) is 5.41 Å². The van der Waals surface area contributed by atoms with Crippen LogP contribution in [0.5, 0.6) is 0 Å². The van der Waals surface area contributed by atoms with Gasteiger partial charge in [0.1, 0.15) is 4.75 Å². The molecule has 22 heavy (non-hydrogen) atoms. The number of aromatic nitrogens is 1. The molecule has 1 heterocycles. The number of thiazole rings is 1. The zero-order valence-corrected chi connectivity index (χ0v) is 16.0. The standard InChI is InChI=1S/C15H26N2O3S2/c1-8-10(2)22(19,20)15(6,7)12(18)17-13-16-11(9-21-13)14(3,4)5/h9-10H,8H2,1-7H3,(H,16,17,18). The Kier molecular flexibility index (Phi) is 5.45. The fraction of sp³-hybridized carbons (Fsp3) is 0.733. The second-order valence-electron chi connectivity index (χ2n) is 7.02. The number of rotatable bonds is 5. The first-order valence-corrected chi connectivity index (χ1v) is 9.77. The highest BCUT2D eigenvalue weighted by molar-refractivity contribution is 7.94. The predicted molar refractivity (Wildman–Crippen MR) is 92.2 cm³/mol. The molecule has 1 N–H and O–H groups in total. The molecule has 126 valence electrons. The number of carbonyl (C=O) groups excluding carboxylic acids is 1. The van der Waals surface area contributed by atoms with Crippen LogP contribution in [-0.2, 0) is 20.0 Å². The maximum Gasteiger partial charge on any atom is 0.247 e. The lowest BCUT2D eigenvalue weighted by atomic mass is 9.93. The van der Waals surface area contributed by atoms with Crippen LogP contribution in [0.3, 0.4) is 0 Å². The van der Waals surface area contributed by atoms with Gasteiger partial charge >= 0.3 is 0 Å². The van der Waals surface area contributed by atoms with Gasteiger partial charge in [0.05, 0.1) is 10.9 Å². The van der Waals surface area contributed by atoms with Crippen molar-refractivity contribution >= 4 is 32.2 Å². The molecule has 0 bridgehead atoms. The summed E-state index contributed by atoms with van der Waals surface area (Å²) in [5, 5.41) is 4.40. The number of amides is 1. The third-order valence-electron chi connectivity index (χ3n) is 3.86. The van der Waals surface area contributed by atoms with Crippen molar-refractivity contribution in [2.75, 3.05) is 5.32 Å². The Bertz CT molecular complexity index is 640. The lowest BCUT2D eigenvalue weighted by molar-refractivity contribution is -0.117. The third kappa shape index (κ3) is 3.68. The molecule has 7 heteroatoms. The summed E-state index contributed by atoms with van der Waals surface area (Å²) in [7, 11) is -3.56. The zero-order chi connectivity index (χ0) is 17.3. The topological polar surface area (TPSA) is 76.1 Å². The summed E-state index contributed by atoms with van der Waals surface area (Å²) in [5.74, 6) is -0.539. The molecule has 5 nitrogen and oxygen atoms in total. The molecule has 0 saturated carbocycles. The van der Waals surface area contributed by atoms with Gasteiger partial charge in [0.15, 0.2) is 15.0 Å². The number of hydrogen-bond donors (Lipinski definition) is 1. The van der Waals surface area contributed by atoms with E-state index >= 15 is 0 Å². The van der Waals surface area contributed by atoms with E-state index in [1.54, 1.807) is 13.8 Å². The van der Waals surface area contributed by atoms with Crippen LogP contribution in [0, 0.1) is 0 Å². The average molecular weight is 347 g/mol. The maximum absolute atomic E-state index is 12.5. The molecule has 0 spiro atoms. The quantitative estimate of drug-likeness (QED) is 0.887. The highest BCUT2D eigenvalue weighted by Crippen LogP contribution is 2.29. The fourth-order valence-electron chi connectivity index (χ4n) is 1.77. The molecule has 0 aromatic carbocycles. The van der Waals surface area contributed by atoms with Crippen LogP contribution in [0.1, 0.15) is 60.6 Å². The average Bonchev–Trinajstić information content (AvgIpc) is 2.85. The Hall–Kier alpha value is -0.950. The smallest absolute Gasteiger partial charge is 0.247 e. The summed E-state index contributed by atoms with van der Waals surface area (Å²) in [5.41, 5.74) is 0.757. The Labute approximate surface area is 137 Å². The minimum absolute atomic E-state index is 0.113. The van der Waals surface area contributed by atoms with Gasteiger partial charge in [-0.25, -0.2) is 13.4 Å². The first-order chi connectivity index (χ1) is 9.84. The van der Waals surface area contributed by atoms with Crippen LogP contribution < -0.4 is 5.32 Å². The van der Waals surface area contributed by atoms with E-state index in [2.05, 4.69) is 10.3 Å². The predicted octanol–water partition coefficient (Wildman–Crippen LogP) is 3.37. The Balaban J connectivity index is 3.00. The van der Waals surface area contributed by atoms with Crippen molar-refractivity contribution in [1.29, 1.82) is 0 Å². The molecule has 1 aromatic heterocycles. The first kappa shape index (κ1) is 19.1. The number of nitrogens with one attached hydrogen (secondary N) is 1. The Morgan fingerprint density at radius 2 is 1.86 bits per heavy atom. The molecule has 1 aromatic rings. The van der Waals surface area contributed by atoms with E-state index in [0.717, 1.165) is 5.69 Å². The summed E-state index contributed by atoms with van der Waals surface area (Å²) in [6.07, 6.45) is 0.477. The first-order valence-electron chi connectivity index (χ1n) is 7.35. The second kappa shape index (κ2) is 6.28. The molecule has 0 fully saturated rings. The van der Waals surface area contributed by atoms with Gasteiger partial charge in [-0.1, -0.05) is 27.7 Å². The van der Waals surface area contributed by atoms with Crippen molar-refractivity contribution < 1.29 is 13.2 Å². The summed E-state index contributed by atoms with van der Waals surface area (Å²) in [6.45, 7) is 12.4. The van der Waals surface area contributed by atoms with Crippen LogP contribution >= 0.6 is 11.3 Å². The van der Waals surface area contributed by atoms with E-state index < -0.39 is 25.7 Å². The Morgan fingerprint density at radius 1 is 1.32 bits per heavy atom. The second-order valence-corrected chi connectivity index (χ2v) is 10.8. The van der Waals surface area contributed by atoms with Gasteiger partial charge < -0.3 is 5.32 Å². The van der Waals surface area contributed by atoms with Crippen molar-refractivity contribution in [3.05, 3.63) is 11.1 Å². The summed E-state index contributed by atoms with van der Waals surface area (Å²) in [4.78, 5) is 16.8. The van der Waals surface area contributed by atoms with Crippen molar-refractivity contribution in [3.63, 3.8) is 0 Å². The molecule has 1 atom stereocenters. The van der Waals surface area contributed by atoms with Gasteiger partial charge in [-0.3, -0.25) is 4.79 Å². The molecular formula is C15H26N2O3S2. The summed E-state index contributed by atoms with van der Waals surface area (Å²) >= 11 is 1.31. The number of anilines is 1. The van der Waals surface area contributed by atoms with Crippen LogP contribution in [0.15, 0.2) is 5.38 Å². The zero-order valence-electron chi connectivity index (χ0n) is 14.4. The van der Waals surface area contributed by atoms with E-state index in [4.69, 9.17) is 0 Å². The monoisotopic (exact) mass is 346 g/mol. The Morgan fingerprint density at radius 3 is 2.27 bits per heavy atom. The van der Waals surface area contributed by atoms with Crippen LogP contribution in [-0.4, -0.2) is 29.3 Å². The molecular weight excluding hydrogens is 320 g/mol. The van der Waals surface area contributed by atoms with Gasteiger partial charge in [0.2, 0.25) is 5.91 Å². The van der Waals surface area contributed by atoms with Gasteiger partial charge in [-0.15, -0.1) is 11.3 Å². The maximum atomic E-state index is 12.5. The van der Waals surface area contributed by atoms with Gasteiger partial charge in [-0.2, -0.15) is 0 Å². The highest BCUT2D eigenvalue weighted by Gasteiger charge is 2.44. The van der Waals surface area contributed by atoms with E-state index in [0.29, 0.717) is 11.6 Å². The molecule has 0 saturated heterocycles. The number of sulfone groups is 1. The largest absolute Gasteiger partial charge is 0.301 e. The van der Waals surface area contributed by atoms with Gasteiger partial charge in [-0.05, 0) is 27.2 Å². The van der Waals surface area contributed by atoms with E-state index in [1.165, 1.54) is 25.2 Å². The van der Waals surface area contributed by atoms with E-state index in [9.17, 15) is 13.2 Å². The molecule has 1 unspecified atom stereocenters.